The number of nitrogens with two attached hydrogens (primary N) is 1. The molecule has 2 saturated carbocycles. The molecule has 47 heavy (non-hydrogen) atoms. The number of aliphatic carboxylic acids is 1. The maximum absolute atomic E-state index is 15.9. The molecule has 1 saturated heterocycles. The minimum absolute atomic E-state index is 0.112. The Bertz CT molecular complexity index is 1870. The molecular formula is C34H37ClFN7O4. The van der Waals surface area contributed by atoms with Crippen molar-refractivity contribution < 1.29 is 23.8 Å². The Morgan fingerprint density at radius 2 is 1.91 bits per heavy atom. The summed E-state index contributed by atoms with van der Waals surface area (Å²) in [6.07, 6.45) is 7.54. The molecule has 246 valence electrons. The number of carbonyl (C=O) groups excluding carboxylic acids is 1. The van der Waals surface area contributed by atoms with Crippen LogP contribution in [-0.2, 0) is 9.53 Å². The first-order chi connectivity index (χ1) is 22.5. The Labute approximate surface area is 276 Å². The van der Waals surface area contributed by atoms with Gasteiger partial charge in [0.05, 0.1) is 18.2 Å². The van der Waals surface area contributed by atoms with E-state index in [9.17, 15) is 14.7 Å². The maximum atomic E-state index is 15.9. The number of benzene rings is 1. The largest absolute Gasteiger partial charge is 0.481 e. The zero-order valence-electron chi connectivity index (χ0n) is 26.2. The van der Waals surface area contributed by atoms with Gasteiger partial charge in [-0.05, 0) is 94.2 Å². The zero-order chi connectivity index (χ0) is 33.0. The minimum atomic E-state index is -0.752. The third-order valence-corrected chi connectivity index (χ3v) is 10.3. The fourth-order valence-corrected chi connectivity index (χ4v) is 7.20. The van der Waals surface area contributed by atoms with Gasteiger partial charge in [-0.1, -0.05) is 11.6 Å². The highest BCUT2D eigenvalue weighted by atomic mass is 35.5. The topological polar surface area (TPSA) is 148 Å². The Morgan fingerprint density at radius 1 is 1.15 bits per heavy atom. The van der Waals surface area contributed by atoms with Crippen molar-refractivity contribution in [1.82, 2.24) is 24.3 Å². The Kier molecular flexibility index (Phi) is 8.13. The van der Waals surface area contributed by atoms with Crippen LogP contribution in [0.4, 0.5) is 16.0 Å². The van der Waals surface area contributed by atoms with Gasteiger partial charge in [0, 0.05) is 36.0 Å². The van der Waals surface area contributed by atoms with Gasteiger partial charge in [-0.15, -0.1) is 0 Å². The highest BCUT2D eigenvalue weighted by Crippen LogP contribution is 2.42. The fraction of sp³-hybridized carbons (Fsp3) is 0.441. The van der Waals surface area contributed by atoms with Crippen molar-refractivity contribution in [2.45, 2.75) is 76.5 Å². The highest BCUT2D eigenvalue weighted by Gasteiger charge is 2.42. The number of ether oxygens (including phenoxy) is 1. The summed E-state index contributed by atoms with van der Waals surface area (Å²) in [6.45, 7) is 4.83. The van der Waals surface area contributed by atoms with Gasteiger partial charge in [0.15, 0.2) is 0 Å². The quantitative estimate of drug-likeness (QED) is 0.214. The van der Waals surface area contributed by atoms with Gasteiger partial charge in [0.25, 0.3) is 5.91 Å². The second-order valence-corrected chi connectivity index (χ2v) is 13.7. The van der Waals surface area contributed by atoms with Gasteiger partial charge in [-0.2, -0.15) is 0 Å². The number of amides is 1. The molecule has 13 heteroatoms. The van der Waals surface area contributed by atoms with E-state index in [0.29, 0.717) is 49.1 Å². The van der Waals surface area contributed by atoms with Gasteiger partial charge in [-0.3, -0.25) is 18.9 Å². The van der Waals surface area contributed by atoms with Crippen molar-refractivity contribution >= 4 is 40.6 Å². The van der Waals surface area contributed by atoms with Crippen LogP contribution in [0.1, 0.15) is 86.1 Å². The monoisotopic (exact) mass is 661 g/mol. The first-order valence-corrected chi connectivity index (χ1v) is 16.4. The SMILES string of the molecule is C[C@H]1CO[C@@H](c2nc(-c3ccc(C(=O)Nc4cc(C5CC5)ccn4)cc3F)c3c(N)ncc(Cl)n23)CN1C1CCC(C)(C(=O)O)CC1. The summed E-state index contributed by atoms with van der Waals surface area (Å²) >= 11 is 6.67. The lowest BCUT2D eigenvalue weighted by molar-refractivity contribution is -0.151. The van der Waals surface area contributed by atoms with Crippen molar-refractivity contribution in [3.63, 3.8) is 0 Å². The number of halogens is 2. The van der Waals surface area contributed by atoms with Crippen LogP contribution in [-0.4, -0.2) is 66.5 Å². The van der Waals surface area contributed by atoms with Gasteiger partial charge in [0.2, 0.25) is 0 Å². The normalized spacial score (nSPS) is 25.1. The minimum Gasteiger partial charge on any atom is -0.481 e. The molecule has 3 aromatic heterocycles. The molecule has 1 aliphatic heterocycles. The molecule has 2 atom stereocenters. The standard InChI is InChI=1S/C34H37ClFN7O4/c1-18-17-47-25(16-42(18)22-7-10-34(2,11-8-22)33(45)46)31-41-28(29-30(37)39-15-26(35)43(29)31)23-6-5-21(13-24(23)36)32(44)40-27-14-20(9-12-38-27)19-3-4-19/h5-6,9,12-15,18-19,22,25H,3-4,7-8,10-11,16-17H2,1-2H3,(H2,37,39)(H,45,46)(H,38,40,44)/t18-,22?,25+,34?/m0/s1. The molecule has 0 spiro atoms. The number of carboxylic acid groups (broad SMARTS) is 1. The number of nitrogen functional groups attached to an aromatic ring is 1. The third-order valence-electron chi connectivity index (χ3n) is 10.0. The number of morpholine rings is 1. The molecule has 2 aliphatic carbocycles. The van der Waals surface area contributed by atoms with Gasteiger partial charge < -0.3 is 20.9 Å². The average molecular weight is 662 g/mol. The van der Waals surface area contributed by atoms with E-state index in [2.05, 4.69) is 27.1 Å². The molecule has 0 unspecified atom stereocenters. The lowest BCUT2D eigenvalue weighted by Gasteiger charge is -2.46. The number of hydrogen-bond donors (Lipinski definition) is 3. The summed E-state index contributed by atoms with van der Waals surface area (Å²) in [4.78, 5) is 40.6. The van der Waals surface area contributed by atoms with E-state index in [1.165, 1.54) is 24.4 Å². The van der Waals surface area contributed by atoms with E-state index >= 15 is 4.39 Å². The Morgan fingerprint density at radius 3 is 2.62 bits per heavy atom. The van der Waals surface area contributed by atoms with Crippen LogP contribution in [0, 0.1) is 11.2 Å². The Hall–Kier alpha value is -4.13. The van der Waals surface area contributed by atoms with Crippen LogP contribution in [0.25, 0.3) is 16.8 Å². The van der Waals surface area contributed by atoms with Gasteiger partial charge >= 0.3 is 5.97 Å². The van der Waals surface area contributed by atoms with Gasteiger partial charge in [0.1, 0.15) is 45.7 Å². The number of pyridine rings is 1. The van der Waals surface area contributed by atoms with Crippen LogP contribution >= 0.6 is 11.6 Å². The predicted molar refractivity (Wildman–Crippen MR) is 175 cm³/mol. The van der Waals surface area contributed by atoms with Crippen molar-refractivity contribution in [2.24, 2.45) is 5.41 Å². The van der Waals surface area contributed by atoms with E-state index in [1.54, 1.807) is 10.6 Å². The summed E-state index contributed by atoms with van der Waals surface area (Å²) in [6, 6.07) is 8.31. The third kappa shape index (κ3) is 5.94. The van der Waals surface area contributed by atoms with Crippen LogP contribution in [0.2, 0.25) is 5.15 Å². The van der Waals surface area contributed by atoms with E-state index < -0.39 is 29.2 Å². The number of fused-ring (bicyclic) bond motifs is 1. The van der Waals surface area contributed by atoms with Crippen molar-refractivity contribution in [3.8, 4) is 11.3 Å². The molecule has 1 aromatic carbocycles. The summed E-state index contributed by atoms with van der Waals surface area (Å²) in [7, 11) is 0. The molecular weight excluding hydrogens is 625 g/mol. The van der Waals surface area contributed by atoms with Crippen LogP contribution in [0.15, 0.2) is 42.7 Å². The molecule has 4 N–H and O–H groups in total. The summed E-state index contributed by atoms with van der Waals surface area (Å²) in [5.41, 5.74) is 7.61. The number of carbonyl (C=O) groups is 2. The number of nitrogens with one attached hydrogen (secondary N) is 1. The van der Waals surface area contributed by atoms with Crippen LogP contribution < -0.4 is 11.1 Å². The van der Waals surface area contributed by atoms with E-state index in [1.807, 2.05) is 19.1 Å². The number of carboxylic acids is 1. The summed E-state index contributed by atoms with van der Waals surface area (Å²) in [5, 5.41) is 12.7. The lowest BCUT2D eigenvalue weighted by atomic mass is 9.73. The summed E-state index contributed by atoms with van der Waals surface area (Å²) < 4.78 is 23.8. The first-order valence-electron chi connectivity index (χ1n) is 16.0. The molecule has 4 aromatic rings. The van der Waals surface area contributed by atoms with Crippen LogP contribution in [0.3, 0.4) is 0 Å². The number of anilines is 2. The Balaban J connectivity index is 1.17. The molecule has 7 rings (SSSR count). The average Bonchev–Trinajstić information content (AvgIpc) is 3.83. The van der Waals surface area contributed by atoms with Crippen molar-refractivity contribution in [1.29, 1.82) is 0 Å². The molecule has 3 fully saturated rings. The number of aromatic nitrogens is 4. The molecule has 0 radical (unpaired) electrons. The van der Waals surface area contributed by atoms with Crippen molar-refractivity contribution in [3.05, 3.63) is 70.6 Å². The molecule has 0 bridgehead atoms. The number of imidazole rings is 1. The van der Waals surface area contributed by atoms with E-state index in [0.717, 1.165) is 31.2 Å². The lowest BCUT2D eigenvalue weighted by Crippen LogP contribution is -2.52. The fourth-order valence-electron chi connectivity index (χ4n) is 6.98. The molecule has 4 heterocycles. The van der Waals surface area contributed by atoms with Gasteiger partial charge in [-0.25, -0.2) is 19.3 Å². The molecule has 3 aliphatic rings. The molecule has 11 nitrogen and oxygen atoms in total. The van der Waals surface area contributed by atoms with Crippen molar-refractivity contribution in [2.75, 3.05) is 24.2 Å². The maximum Gasteiger partial charge on any atom is 0.309 e. The van der Waals surface area contributed by atoms with E-state index in [4.69, 9.17) is 27.1 Å². The molecule has 1 amide bonds. The highest BCUT2D eigenvalue weighted by molar-refractivity contribution is 6.30. The number of nitrogens with zero attached hydrogens (tertiary/aromatic N) is 5. The number of rotatable bonds is 7. The predicted octanol–water partition coefficient (Wildman–Crippen LogP) is 6.09. The summed E-state index contributed by atoms with van der Waals surface area (Å²) in [5.74, 6) is -0.395. The van der Waals surface area contributed by atoms with E-state index in [-0.39, 0.29) is 39.9 Å². The number of hydrogen-bond acceptors (Lipinski definition) is 8. The smallest absolute Gasteiger partial charge is 0.309 e. The van der Waals surface area contributed by atoms with Crippen LogP contribution in [0.5, 0.6) is 0 Å². The zero-order valence-corrected chi connectivity index (χ0v) is 27.0. The second kappa shape index (κ2) is 12.1. The first kappa shape index (κ1) is 31.5. The second-order valence-electron chi connectivity index (χ2n) is 13.3.